The molecule has 0 aliphatic heterocycles. The molecule has 0 bridgehead atoms. The molecule has 0 unspecified atom stereocenters. The highest BCUT2D eigenvalue weighted by molar-refractivity contribution is 5.80. The standard InChI is InChI=1S/C11H20N2O2/c1-4-12(2)11(15)13(3)9-5-7-10(14)8-6-9/h9H,4-8H2,1-3H3. The zero-order chi connectivity index (χ0) is 11.4. The molecule has 1 fully saturated rings. The molecule has 0 aromatic rings. The summed E-state index contributed by atoms with van der Waals surface area (Å²) in [6.07, 6.45) is 2.88. The fourth-order valence-electron chi connectivity index (χ4n) is 1.87. The van der Waals surface area contributed by atoms with Crippen molar-refractivity contribution in [3.05, 3.63) is 0 Å². The van der Waals surface area contributed by atoms with E-state index in [1.165, 1.54) is 0 Å². The smallest absolute Gasteiger partial charge is 0.319 e. The zero-order valence-electron chi connectivity index (χ0n) is 9.82. The van der Waals surface area contributed by atoms with Crippen LogP contribution in [0.4, 0.5) is 4.79 Å². The molecule has 4 heteroatoms. The molecule has 0 radical (unpaired) electrons. The number of amides is 2. The van der Waals surface area contributed by atoms with Gasteiger partial charge in [0, 0.05) is 39.5 Å². The Bertz CT molecular complexity index is 243. The number of hydrogen-bond acceptors (Lipinski definition) is 2. The Kier molecular flexibility index (Phi) is 4.12. The summed E-state index contributed by atoms with van der Waals surface area (Å²) in [5.41, 5.74) is 0. The number of ketones is 1. The number of Topliss-reactive ketones (excluding diaryl/α,β-unsaturated/α-hetero) is 1. The van der Waals surface area contributed by atoms with Gasteiger partial charge in [-0.25, -0.2) is 4.79 Å². The maximum Gasteiger partial charge on any atom is 0.319 e. The van der Waals surface area contributed by atoms with Crippen molar-refractivity contribution in [3.8, 4) is 0 Å². The Morgan fingerprint density at radius 2 is 1.87 bits per heavy atom. The Balaban J connectivity index is 2.49. The molecule has 0 heterocycles. The van der Waals surface area contributed by atoms with E-state index in [1.807, 2.05) is 14.0 Å². The van der Waals surface area contributed by atoms with Gasteiger partial charge in [0.2, 0.25) is 0 Å². The molecular weight excluding hydrogens is 192 g/mol. The second-order valence-electron chi connectivity index (χ2n) is 4.18. The van der Waals surface area contributed by atoms with E-state index in [2.05, 4.69) is 0 Å². The van der Waals surface area contributed by atoms with Crippen molar-refractivity contribution < 1.29 is 9.59 Å². The number of hydrogen-bond donors (Lipinski definition) is 0. The quantitative estimate of drug-likeness (QED) is 0.696. The predicted octanol–water partition coefficient (Wildman–Crippen LogP) is 1.50. The first-order valence-electron chi connectivity index (χ1n) is 5.56. The van der Waals surface area contributed by atoms with E-state index in [1.54, 1.807) is 16.8 Å². The molecule has 1 saturated carbocycles. The van der Waals surface area contributed by atoms with Gasteiger partial charge in [0.05, 0.1) is 0 Å². The Labute approximate surface area is 91.2 Å². The molecule has 2 amide bonds. The molecule has 15 heavy (non-hydrogen) atoms. The second kappa shape index (κ2) is 5.14. The highest BCUT2D eigenvalue weighted by Gasteiger charge is 2.26. The van der Waals surface area contributed by atoms with Gasteiger partial charge in [-0.1, -0.05) is 0 Å². The first kappa shape index (κ1) is 12.0. The van der Waals surface area contributed by atoms with Crippen LogP contribution in [0.25, 0.3) is 0 Å². The van der Waals surface area contributed by atoms with Crippen molar-refractivity contribution in [1.82, 2.24) is 9.80 Å². The van der Waals surface area contributed by atoms with Crippen LogP contribution in [0.15, 0.2) is 0 Å². The Morgan fingerprint density at radius 1 is 1.33 bits per heavy atom. The van der Waals surface area contributed by atoms with Crippen molar-refractivity contribution in [3.63, 3.8) is 0 Å². The third-order valence-corrected chi connectivity index (χ3v) is 3.16. The third kappa shape index (κ3) is 2.94. The number of carbonyl (C=O) groups is 2. The summed E-state index contributed by atoms with van der Waals surface area (Å²) in [6, 6.07) is 0.293. The summed E-state index contributed by atoms with van der Waals surface area (Å²) in [7, 11) is 3.63. The van der Waals surface area contributed by atoms with E-state index in [4.69, 9.17) is 0 Å². The number of nitrogens with zero attached hydrogens (tertiary/aromatic N) is 2. The minimum atomic E-state index is 0.0526. The highest BCUT2D eigenvalue weighted by atomic mass is 16.2. The van der Waals surface area contributed by atoms with Crippen LogP contribution >= 0.6 is 0 Å². The van der Waals surface area contributed by atoms with Crippen LogP contribution in [-0.4, -0.2) is 48.3 Å². The summed E-state index contributed by atoms with van der Waals surface area (Å²) in [6.45, 7) is 2.67. The fraction of sp³-hybridized carbons (Fsp3) is 0.818. The van der Waals surface area contributed by atoms with Gasteiger partial charge >= 0.3 is 6.03 Å². The van der Waals surface area contributed by atoms with Crippen LogP contribution in [-0.2, 0) is 4.79 Å². The highest BCUT2D eigenvalue weighted by Crippen LogP contribution is 2.20. The van der Waals surface area contributed by atoms with Gasteiger partial charge in [0.25, 0.3) is 0 Å². The lowest BCUT2D eigenvalue weighted by molar-refractivity contribution is -0.121. The van der Waals surface area contributed by atoms with Crippen LogP contribution in [0, 0.1) is 0 Å². The largest absolute Gasteiger partial charge is 0.328 e. The van der Waals surface area contributed by atoms with Crippen molar-refractivity contribution in [2.45, 2.75) is 38.6 Å². The summed E-state index contributed by atoms with van der Waals surface area (Å²) in [5.74, 6) is 0.330. The Morgan fingerprint density at radius 3 is 2.33 bits per heavy atom. The van der Waals surface area contributed by atoms with E-state index in [9.17, 15) is 9.59 Å². The summed E-state index contributed by atoms with van der Waals surface area (Å²) in [5, 5.41) is 0. The maximum absolute atomic E-state index is 11.8. The van der Waals surface area contributed by atoms with Crippen molar-refractivity contribution in [2.75, 3.05) is 20.6 Å². The number of urea groups is 1. The predicted molar refractivity (Wildman–Crippen MR) is 58.7 cm³/mol. The molecule has 4 nitrogen and oxygen atoms in total. The fourth-order valence-corrected chi connectivity index (χ4v) is 1.87. The number of rotatable bonds is 2. The average Bonchev–Trinajstić information content (AvgIpc) is 2.27. The van der Waals surface area contributed by atoms with Gasteiger partial charge in [0.1, 0.15) is 5.78 Å². The number of carbonyl (C=O) groups excluding carboxylic acids is 2. The van der Waals surface area contributed by atoms with E-state index in [0.717, 1.165) is 19.4 Å². The van der Waals surface area contributed by atoms with Gasteiger partial charge in [-0.05, 0) is 19.8 Å². The molecule has 1 rings (SSSR count). The lowest BCUT2D eigenvalue weighted by atomic mass is 9.93. The summed E-state index contributed by atoms with van der Waals surface area (Å²) >= 11 is 0. The monoisotopic (exact) mass is 212 g/mol. The molecular formula is C11H20N2O2. The molecule has 86 valence electrons. The molecule has 0 atom stereocenters. The van der Waals surface area contributed by atoms with Gasteiger partial charge in [-0.2, -0.15) is 0 Å². The van der Waals surface area contributed by atoms with Gasteiger partial charge in [0.15, 0.2) is 0 Å². The molecule has 0 aromatic heterocycles. The van der Waals surface area contributed by atoms with Gasteiger partial charge in [-0.3, -0.25) is 4.79 Å². The van der Waals surface area contributed by atoms with E-state index >= 15 is 0 Å². The van der Waals surface area contributed by atoms with E-state index < -0.39 is 0 Å². The van der Waals surface area contributed by atoms with Crippen molar-refractivity contribution in [1.29, 1.82) is 0 Å². The van der Waals surface area contributed by atoms with Gasteiger partial charge < -0.3 is 9.80 Å². The van der Waals surface area contributed by atoms with Crippen LogP contribution in [0.1, 0.15) is 32.6 Å². The van der Waals surface area contributed by atoms with Gasteiger partial charge in [-0.15, -0.1) is 0 Å². The average molecular weight is 212 g/mol. The van der Waals surface area contributed by atoms with Crippen molar-refractivity contribution in [2.24, 2.45) is 0 Å². The third-order valence-electron chi connectivity index (χ3n) is 3.16. The molecule has 0 saturated heterocycles. The maximum atomic E-state index is 11.8. The molecule has 0 N–H and O–H groups in total. The first-order valence-corrected chi connectivity index (χ1v) is 5.56. The lowest BCUT2D eigenvalue weighted by Crippen LogP contribution is -2.45. The lowest BCUT2D eigenvalue weighted by Gasteiger charge is -2.33. The first-order chi connectivity index (χ1) is 7.06. The van der Waals surface area contributed by atoms with Crippen LogP contribution in [0.5, 0.6) is 0 Å². The molecule has 0 spiro atoms. The van der Waals surface area contributed by atoms with E-state index in [0.29, 0.717) is 18.6 Å². The summed E-state index contributed by atoms with van der Waals surface area (Å²) in [4.78, 5) is 26.4. The van der Waals surface area contributed by atoms with E-state index in [-0.39, 0.29) is 12.1 Å². The zero-order valence-corrected chi connectivity index (χ0v) is 9.82. The molecule has 1 aliphatic rings. The molecule has 1 aliphatic carbocycles. The minimum Gasteiger partial charge on any atom is -0.328 e. The topological polar surface area (TPSA) is 40.6 Å². The molecule has 0 aromatic carbocycles. The second-order valence-corrected chi connectivity index (χ2v) is 4.18. The normalized spacial score (nSPS) is 17.7. The van der Waals surface area contributed by atoms with Crippen LogP contribution in [0.2, 0.25) is 0 Å². The SMILES string of the molecule is CCN(C)C(=O)N(C)C1CCC(=O)CC1. The van der Waals surface area contributed by atoms with Crippen LogP contribution < -0.4 is 0 Å². The summed E-state index contributed by atoms with van der Waals surface area (Å²) < 4.78 is 0. The minimum absolute atomic E-state index is 0.0526. The van der Waals surface area contributed by atoms with Crippen molar-refractivity contribution >= 4 is 11.8 Å². The Hall–Kier alpha value is -1.06. The van der Waals surface area contributed by atoms with Crippen LogP contribution in [0.3, 0.4) is 0 Å².